The molecular weight excluding hydrogens is 274 g/mol. The van der Waals surface area contributed by atoms with Crippen molar-refractivity contribution in [3.05, 3.63) is 48.3 Å². The number of carbonyl (C=O) groups excluding carboxylic acids is 3. The summed E-state index contributed by atoms with van der Waals surface area (Å²) < 4.78 is 0. The van der Waals surface area contributed by atoms with Crippen molar-refractivity contribution >= 4 is 29.4 Å². The van der Waals surface area contributed by atoms with E-state index in [4.69, 9.17) is 5.73 Å². The molecule has 21 heavy (non-hydrogen) atoms. The van der Waals surface area contributed by atoms with E-state index in [9.17, 15) is 14.4 Å². The molecule has 0 unspecified atom stereocenters. The average molecular weight is 285 g/mol. The summed E-state index contributed by atoms with van der Waals surface area (Å²) in [5.74, 6) is -2.98. The van der Waals surface area contributed by atoms with Gasteiger partial charge in [0, 0.05) is 18.1 Å². The van der Waals surface area contributed by atoms with Crippen LogP contribution in [0.5, 0.6) is 0 Å². The van der Waals surface area contributed by atoms with Gasteiger partial charge in [-0.15, -0.1) is 0 Å². The summed E-state index contributed by atoms with van der Waals surface area (Å²) >= 11 is 0. The Morgan fingerprint density at radius 1 is 0.952 bits per heavy atom. The lowest BCUT2D eigenvalue weighted by Crippen LogP contribution is -2.39. The van der Waals surface area contributed by atoms with Gasteiger partial charge in [-0.1, -0.05) is 12.1 Å². The highest BCUT2D eigenvalue weighted by Gasteiger charge is 2.19. The van der Waals surface area contributed by atoms with Crippen LogP contribution >= 0.6 is 0 Å². The molecule has 2 aromatic rings. The number of nitrogen functional groups attached to an aromatic ring is 1. The van der Waals surface area contributed by atoms with Crippen LogP contribution in [-0.2, 0) is 9.59 Å². The topological polar surface area (TPSA) is 127 Å². The van der Waals surface area contributed by atoms with Gasteiger partial charge in [0.1, 0.15) is 0 Å². The minimum Gasteiger partial charge on any atom is -0.398 e. The maximum Gasteiger partial charge on any atom is 0.316 e. The molecule has 0 fully saturated rings. The van der Waals surface area contributed by atoms with Crippen molar-refractivity contribution in [1.82, 2.24) is 15.3 Å². The smallest absolute Gasteiger partial charge is 0.316 e. The van der Waals surface area contributed by atoms with Crippen LogP contribution in [0, 0.1) is 0 Å². The number of amides is 3. The molecule has 1 aromatic heterocycles. The van der Waals surface area contributed by atoms with Crippen LogP contribution in [0.3, 0.4) is 0 Å². The minimum absolute atomic E-state index is 0.0377. The summed E-state index contributed by atoms with van der Waals surface area (Å²) in [6.07, 6.45) is 2.80. The van der Waals surface area contributed by atoms with Gasteiger partial charge in [0.25, 0.3) is 5.91 Å². The molecule has 0 saturated heterocycles. The predicted octanol–water partition coefficient (Wildman–Crippen LogP) is -0.0461. The monoisotopic (exact) mass is 285 g/mol. The first-order valence-electron chi connectivity index (χ1n) is 5.86. The van der Waals surface area contributed by atoms with E-state index in [1.165, 1.54) is 24.5 Å². The number of anilines is 2. The number of benzene rings is 1. The number of nitrogens with zero attached hydrogens (tertiary/aromatic N) is 2. The van der Waals surface area contributed by atoms with Crippen molar-refractivity contribution in [2.45, 2.75) is 0 Å². The highest BCUT2D eigenvalue weighted by molar-refractivity contribution is 6.42. The maximum atomic E-state index is 11.8. The summed E-state index contributed by atoms with van der Waals surface area (Å²) in [5, 5.41) is 4.09. The normalized spacial score (nSPS) is 9.71. The Kier molecular flexibility index (Phi) is 4.20. The van der Waals surface area contributed by atoms with Gasteiger partial charge in [0.15, 0.2) is 0 Å². The molecule has 0 atom stereocenters. The molecule has 106 valence electrons. The largest absolute Gasteiger partial charge is 0.398 e. The van der Waals surface area contributed by atoms with Gasteiger partial charge < -0.3 is 5.73 Å². The second kappa shape index (κ2) is 6.24. The molecule has 0 saturated carbocycles. The molecule has 4 N–H and O–H groups in total. The zero-order chi connectivity index (χ0) is 15.2. The van der Waals surface area contributed by atoms with E-state index in [0.29, 0.717) is 0 Å². The Balaban J connectivity index is 2.00. The standard InChI is InChI=1S/C13H11N5O3/c14-9-5-2-1-4-8(9)10(19)17-11(20)12(21)18-13-15-6-3-7-16-13/h1-7H,14H2,(H,17,19,20)(H,15,16,18,21). The molecule has 1 heterocycles. The maximum absolute atomic E-state index is 11.8. The number of carbonyl (C=O) groups is 3. The summed E-state index contributed by atoms with van der Waals surface area (Å²) in [6.45, 7) is 0. The molecule has 0 aliphatic carbocycles. The van der Waals surface area contributed by atoms with Crippen LogP contribution in [0.2, 0.25) is 0 Å². The summed E-state index contributed by atoms with van der Waals surface area (Å²) in [4.78, 5) is 42.4. The van der Waals surface area contributed by atoms with Gasteiger partial charge in [-0.25, -0.2) is 9.97 Å². The number of hydrogen-bond donors (Lipinski definition) is 3. The van der Waals surface area contributed by atoms with E-state index in [1.54, 1.807) is 18.2 Å². The van der Waals surface area contributed by atoms with Crippen molar-refractivity contribution < 1.29 is 14.4 Å². The predicted molar refractivity (Wildman–Crippen MR) is 74.0 cm³/mol. The first-order chi connectivity index (χ1) is 10.1. The fourth-order valence-electron chi connectivity index (χ4n) is 1.45. The second-order valence-corrected chi connectivity index (χ2v) is 3.90. The van der Waals surface area contributed by atoms with E-state index >= 15 is 0 Å². The number of nitrogens with two attached hydrogens (primary N) is 1. The van der Waals surface area contributed by atoms with Crippen molar-refractivity contribution in [2.75, 3.05) is 11.1 Å². The Labute approximate surface area is 119 Å². The summed E-state index contributed by atoms with van der Waals surface area (Å²) in [6, 6.07) is 7.74. The summed E-state index contributed by atoms with van der Waals surface area (Å²) in [7, 11) is 0. The third-order valence-electron chi connectivity index (χ3n) is 2.43. The van der Waals surface area contributed by atoms with Crippen LogP contribution in [0.15, 0.2) is 42.7 Å². The lowest BCUT2D eigenvalue weighted by Gasteiger charge is -2.06. The molecule has 1 aromatic carbocycles. The lowest BCUT2D eigenvalue weighted by atomic mass is 10.1. The van der Waals surface area contributed by atoms with E-state index in [1.807, 2.05) is 5.32 Å². The van der Waals surface area contributed by atoms with E-state index < -0.39 is 17.7 Å². The van der Waals surface area contributed by atoms with Crippen molar-refractivity contribution in [1.29, 1.82) is 0 Å². The second-order valence-electron chi connectivity index (χ2n) is 3.90. The third-order valence-corrected chi connectivity index (χ3v) is 2.43. The van der Waals surface area contributed by atoms with Crippen LogP contribution in [0.4, 0.5) is 11.6 Å². The number of hydrogen-bond acceptors (Lipinski definition) is 6. The molecular formula is C13H11N5O3. The fourth-order valence-corrected chi connectivity index (χ4v) is 1.45. The summed E-state index contributed by atoms with van der Waals surface area (Å²) in [5.41, 5.74) is 5.91. The highest BCUT2D eigenvalue weighted by atomic mass is 16.2. The first kappa shape index (κ1) is 14.1. The molecule has 8 nitrogen and oxygen atoms in total. The number of para-hydroxylation sites is 1. The molecule has 0 radical (unpaired) electrons. The van der Waals surface area contributed by atoms with Crippen molar-refractivity contribution in [3.8, 4) is 0 Å². The Hall–Kier alpha value is -3.29. The molecule has 3 amide bonds. The molecule has 0 bridgehead atoms. The van der Waals surface area contributed by atoms with Crippen LogP contribution in [0.25, 0.3) is 0 Å². The number of nitrogens with one attached hydrogen (secondary N) is 2. The van der Waals surface area contributed by atoms with Crippen LogP contribution < -0.4 is 16.4 Å². The fraction of sp³-hybridized carbons (Fsp3) is 0. The lowest BCUT2D eigenvalue weighted by molar-refractivity contribution is -0.135. The van der Waals surface area contributed by atoms with Gasteiger partial charge in [-0.2, -0.15) is 0 Å². The van der Waals surface area contributed by atoms with Crippen LogP contribution in [0.1, 0.15) is 10.4 Å². The molecule has 0 aliphatic heterocycles. The Bertz CT molecular complexity index is 687. The van der Waals surface area contributed by atoms with Gasteiger partial charge in [-0.05, 0) is 18.2 Å². The highest BCUT2D eigenvalue weighted by Crippen LogP contribution is 2.09. The number of rotatable bonds is 2. The van der Waals surface area contributed by atoms with Gasteiger partial charge in [-0.3, -0.25) is 25.0 Å². The first-order valence-corrected chi connectivity index (χ1v) is 5.86. The Morgan fingerprint density at radius 2 is 1.62 bits per heavy atom. The van der Waals surface area contributed by atoms with Gasteiger partial charge in [0.05, 0.1) is 5.56 Å². The zero-order valence-electron chi connectivity index (χ0n) is 10.7. The molecule has 0 aliphatic rings. The molecule has 2 rings (SSSR count). The SMILES string of the molecule is Nc1ccccc1C(=O)NC(=O)C(=O)Nc1ncccn1. The zero-order valence-corrected chi connectivity index (χ0v) is 10.7. The minimum atomic E-state index is -1.13. The molecule has 8 heteroatoms. The Morgan fingerprint density at radius 3 is 2.29 bits per heavy atom. The van der Waals surface area contributed by atoms with E-state index in [2.05, 4.69) is 15.3 Å². The number of aromatic nitrogens is 2. The van der Waals surface area contributed by atoms with Gasteiger partial charge in [0.2, 0.25) is 5.95 Å². The third kappa shape index (κ3) is 3.60. The van der Waals surface area contributed by atoms with Gasteiger partial charge >= 0.3 is 11.8 Å². The molecule has 0 spiro atoms. The quantitative estimate of drug-likeness (QED) is 0.524. The number of imide groups is 1. The van der Waals surface area contributed by atoms with Crippen LogP contribution in [-0.4, -0.2) is 27.7 Å². The average Bonchev–Trinajstić information content (AvgIpc) is 2.48. The van der Waals surface area contributed by atoms with E-state index in [-0.39, 0.29) is 17.2 Å². The van der Waals surface area contributed by atoms with E-state index in [0.717, 1.165) is 0 Å². The van der Waals surface area contributed by atoms with Crippen molar-refractivity contribution in [3.63, 3.8) is 0 Å². The van der Waals surface area contributed by atoms with Crippen molar-refractivity contribution in [2.24, 2.45) is 0 Å².